The summed E-state index contributed by atoms with van der Waals surface area (Å²) in [6.45, 7) is 7.05. The number of aryl methyl sites for hydroxylation is 1. The van der Waals surface area contributed by atoms with Gasteiger partial charge in [0.15, 0.2) is 5.82 Å². The Hall–Kier alpha value is -2.91. The second-order valence-electron chi connectivity index (χ2n) is 7.34. The highest BCUT2D eigenvalue weighted by atomic mass is 32.2. The van der Waals surface area contributed by atoms with E-state index in [0.717, 1.165) is 24.2 Å². The van der Waals surface area contributed by atoms with Crippen LogP contribution in [0.15, 0.2) is 47.4 Å². The maximum atomic E-state index is 12.7. The topological polar surface area (TPSA) is 98.1 Å². The van der Waals surface area contributed by atoms with E-state index in [1.165, 1.54) is 5.56 Å². The van der Waals surface area contributed by atoms with Gasteiger partial charge in [0.25, 0.3) is 0 Å². The summed E-state index contributed by atoms with van der Waals surface area (Å²) in [6, 6.07) is 12.3. The summed E-state index contributed by atoms with van der Waals surface area (Å²) in [5.74, 6) is 1.15. The van der Waals surface area contributed by atoms with E-state index in [1.54, 1.807) is 35.8 Å². The number of nitrogens with one attached hydrogen (secondary N) is 2. The molecule has 0 unspecified atom stereocenters. The van der Waals surface area contributed by atoms with Crippen molar-refractivity contribution in [3.8, 4) is 11.8 Å². The molecule has 158 valence electrons. The summed E-state index contributed by atoms with van der Waals surface area (Å²) in [6.07, 6.45) is 1.00. The van der Waals surface area contributed by atoms with Crippen molar-refractivity contribution in [2.24, 2.45) is 0 Å². The highest BCUT2D eigenvalue weighted by Gasteiger charge is 2.24. The molecule has 3 aromatic rings. The molecule has 0 amide bonds. The van der Waals surface area contributed by atoms with Crippen LogP contribution in [0.4, 0.5) is 5.69 Å². The molecule has 0 bridgehead atoms. The van der Waals surface area contributed by atoms with Crippen molar-refractivity contribution in [2.75, 3.05) is 11.9 Å². The first-order chi connectivity index (χ1) is 14.4. The van der Waals surface area contributed by atoms with Crippen molar-refractivity contribution >= 4 is 15.7 Å². The second kappa shape index (κ2) is 8.08. The van der Waals surface area contributed by atoms with Crippen LogP contribution in [0.3, 0.4) is 0 Å². The van der Waals surface area contributed by atoms with Gasteiger partial charge in [-0.15, -0.1) is 5.10 Å². The van der Waals surface area contributed by atoms with E-state index in [0.29, 0.717) is 24.1 Å². The predicted octanol–water partition coefficient (Wildman–Crippen LogP) is 3.41. The molecule has 2 heterocycles. The third-order valence-corrected chi connectivity index (χ3v) is 6.67. The van der Waals surface area contributed by atoms with Crippen molar-refractivity contribution in [1.82, 2.24) is 19.5 Å². The van der Waals surface area contributed by atoms with Gasteiger partial charge in [-0.2, -0.15) is 0 Å². The third-order valence-electron chi connectivity index (χ3n) is 5.11. The highest BCUT2D eigenvalue weighted by molar-refractivity contribution is 7.89. The molecule has 8 nitrogen and oxygen atoms in total. The molecular formula is C21H25N5O3S. The normalized spacial score (nSPS) is 14.2. The fourth-order valence-corrected chi connectivity index (χ4v) is 4.70. The number of fused-ring (bicyclic) bond motifs is 1. The minimum Gasteiger partial charge on any atom is -0.424 e. The smallest absolute Gasteiger partial charge is 0.322 e. The summed E-state index contributed by atoms with van der Waals surface area (Å²) in [5, 5.41) is 11.7. The third kappa shape index (κ3) is 4.03. The van der Waals surface area contributed by atoms with E-state index in [4.69, 9.17) is 4.74 Å². The molecule has 9 heteroatoms. The summed E-state index contributed by atoms with van der Waals surface area (Å²) >= 11 is 0. The average molecular weight is 428 g/mol. The van der Waals surface area contributed by atoms with Gasteiger partial charge in [0.1, 0.15) is 5.75 Å². The number of anilines is 1. The summed E-state index contributed by atoms with van der Waals surface area (Å²) in [7, 11) is -3.69. The number of ether oxygens (including phenoxy) is 1. The maximum Gasteiger partial charge on any atom is 0.322 e. The molecule has 1 aromatic heterocycles. The largest absolute Gasteiger partial charge is 0.424 e. The Labute approximate surface area is 176 Å². The molecule has 1 aliphatic rings. The molecule has 1 aliphatic heterocycles. The van der Waals surface area contributed by atoms with Crippen LogP contribution in [0, 0.1) is 6.92 Å². The van der Waals surface area contributed by atoms with E-state index in [1.807, 2.05) is 32.0 Å². The van der Waals surface area contributed by atoms with Crippen LogP contribution in [0.2, 0.25) is 0 Å². The number of hydrogen-bond donors (Lipinski definition) is 2. The van der Waals surface area contributed by atoms with E-state index in [-0.39, 0.29) is 4.90 Å². The zero-order valence-electron chi connectivity index (χ0n) is 17.2. The van der Waals surface area contributed by atoms with Crippen LogP contribution in [0.25, 0.3) is 0 Å². The fraction of sp³-hybridized carbons (Fsp3) is 0.333. The summed E-state index contributed by atoms with van der Waals surface area (Å²) in [4.78, 5) is 0.213. The van der Waals surface area contributed by atoms with Crippen LogP contribution < -0.4 is 14.8 Å². The minimum atomic E-state index is -3.69. The Kier molecular flexibility index (Phi) is 5.48. The van der Waals surface area contributed by atoms with Gasteiger partial charge in [0, 0.05) is 24.8 Å². The van der Waals surface area contributed by atoms with E-state index in [9.17, 15) is 8.42 Å². The Balaban J connectivity index is 1.54. The van der Waals surface area contributed by atoms with Crippen molar-refractivity contribution in [1.29, 1.82) is 0 Å². The van der Waals surface area contributed by atoms with Gasteiger partial charge in [-0.1, -0.05) is 28.9 Å². The first-order valence-corrected chi connectivity index (χ1v) is 11.4. The van der Waals surface area contributed by atoms with Gasteiger partial charge >= 0.3 is 6.01 Å². The number of benzene rings is 2. The van der Waals surface area contributed by atoms with Crippen molar-refractivity contribution < 1.29 is 13.2 Å². The lowest BCUT2D eigenvalue weighted by Gasteiger charge is -2.15. The van der Waals surface area contributed by atoms with Crippen molar-refractivity contribution in [3.63, 3.8) is 0 Å². The average Bonchev–Trinajstić information content (AvgIpc) is 3.34. The lowest BCUT2D eigenvalue weighted by Crippen LogP contribution is -2.29. The number of sulfonamides is 1. The molecule has 4 rings (SSSR count). The van der Waals surface area contributed by atoms with Gasteiger partial charge in [-0.3, -0.25) is 4.57 Å². The van der Waals surface area contributed by atoms with E-state index < -0.39 is 16.1 Å². The molecule has 1 atom stereocenters. The van der Waals surface area contributed by atoms with Gasteiger partial charge in [0.2, 0.25) is 10.0 Å². The quantitative estimate of drug-likeness (QED) is 0.600. The number of rotatable bonds is 7. The molecule has 0 aliphatic carbocycles. The van der Waals surface area contributed by atoms with Crippen LogP contribution >= 0.6 is 0 Å². The lowest BCUT2D eigenvalue weighted by molar-refractivity contribution is 0.408. The molecule has 2 aromatic carbocycles. The molecular weight excluding hydrogens is 402 g/mol. The molecule has 0 saturated carbocycles. The monoisotopic (exact) mass is 427 g/mol. The Bertz CT molecular complexity index is 1160. The van der Waals surface area contributed by atoms with Crippen LogP contribution in [0.1, 0.15) is 36.8 Å². The molecule has 0 fully saturated rings. The van der Waals surface area contributed by atoms with Crippen LogP contribution in [0.5, 0.6) is 11.8 Å². The van der Waals surface area contributed by atoms with Crippen molar-refractivity contribution in [3.05, 3.63) is 59.4 Å². The maximum absolute atomic E-state index is 12.7. The SMILES string of the molecule is CCn1c(Oc2ccc3c(c2)NCC3)nnc1[C@@H](C)NS(=O)(=O)c1ccc(C)cc1. The second-order valence-corrected chi connectivity index (χ2v) is 9.05. The van der Waals surface area contributed by atoms with Gasteiger partial charge in [-0.05, 0) is 51.0 Å². The molecule has 0 saturated heterocycles. The Morgan fingerprint density at radius 2 is 1.97 bits per heavy atom. The van der Waals surface area contributed by atoms with Gasteiger partial charge in [0.05, 0.1) is 10.9 Å². The summed E-state index contributed by atoms with van der Waals surface area (Å²) < 4.78 is 35.9. The van der Waals surface area contributed by atoms with Crippen LogP contribution in [-0.2, 0) is 23.0 Å². The molecule has 0 radical (unpaired) electrons. The number of aromatic nitrogens is 3. The predicted molar refractivity (Wildman–Crippen MR) is 114 cm³/mol. The Morgan fingerprint density at radius 1 is 1.20 bits per heavy atom. The highest BCUT2D eigenvalue weighted by Crippen LogP contribution is 2.30. The summed E-state index contributed by atoms with van der Waals surface area (Å²) in [5.41, 5.74) is 3.32. The molecule has 30 heavy (non-hydrogen) atoms. The van der Waals surface area contributed by atoms with Gasteiger partial charge in [-0.25, -0.2) is 13.1 Å². The van der Waals surface area contributed by atoms with E-state index in [2.05, 4.69) is 20.2 Å². The molecule has 0 spiro atoms. The lowest BCUT2D eigenvalue weighted by atomic mass is 10.2. The fourth-order valence-electron chi connectivity index (χ4n) is 3.50. The standard InChI is InChI=1S/C21H25N5O3S/c1-4-26-20(15(3)25-30(27,28)18-9-5-14(2)6-10-18)23-24-21(26)29-17-8-7-16-11-12-22-19(16)13-17/h5-10,13,15,22,25H,4,11-12H2,1-3H3/t15-/m1/s1. The van der Waals surface area contributed by atoms with Gasteiger partial charge < -0.3 is 10.1 Å². The van der Waals surface area contributed by atoms with E-state index >= 15 is 0 Å². The number of nitrogens with zero attached hydrogens (tertiary/aromatic N) is 3. The first kappa shape index (κ1) is 20.4. The number of hydrogen-bond acceptors (Lipinski definition) is 6. The zero-order chi connectivity index (χ0) is 21.3. The minimum absolute atomic E-state index is 0.213. The van der Waals surface area contributed by atoms with Crippen molar-refractivity contribution in [2.45, 2.75) is 44.7 Å². The first-order valence-electron chi connectivity index (χ1n) is 9.94. The molecule has 2 N–H and O–H groups in total. The van der Waals surface area contributed by atoms with Crippen LogP contribution in [-0.4, -0.2) is 29.7 Å². The Morgan fingerprint density at radius 3 is 2.70 bits per heavy atom. The zero-order valence-corrected chi connectivity index (χ0v) is 18.0.